The molecule has 5 heteroatoms. The number of aliphatic carboxylic acids is 2. The first-order chi connectivity index (χ1) is 7.59. The van der Waals surface area contributed by atoms with Gasteiger partial charge in [0.25, 0.3) is 0 Å². The Kier molecular flexibility index (Phi) is 5.99. The van der Waals surface area contributed by atoms with Crippen LogP contribution in [0.5, 0.6) is 0 Å². The van der Waals surface area contributed by atoms with E-state index >= 15 is 0 Å². The Morgan fingerprint density at radius 2 is 1.65 bits per heavy atom. The van der Waals surface area contributed by atoms with Gasteiger partial charge < -0.3 is 16.4 Å². The third kappa shape index (κ3) is 5.29. The molecule has 0 atom stereocenters. The predicted molar refractivity (Wildman–Crippen MR) is 63.9 cm³/mol. The molecular weight excluding hydrogens is 222 g/mol. The molecule has 0 spiro atoms. The average molecular weight is 235 g/mol. The monoisotopic (exact) mass is 235 g/mol. The average Bonchev–Trinajstić information content (AvgIpc) is 2.25. The minimum atomic E-state index is -1.28. The zero-order chi connectivity index (χ0) is 12.0. The lowest BCUT2D eigenvalue weighted by Gasteiger charge is -1.94. The van der Waals surface area contributed by atoms with Crippen LogP contribution in [-0.4, -0.2) is 22.2 Å². The van der Waals surface area contributed by atoms with Crippen LogP contribution in [0.25, 0.3) is 6.08 Å². The summed E-state index contributed by atoms with van der Waals surface area (Å²) in [5.74, 6) is -2.55. The zero-order valence-electron chi connectivity index (χ0n) is 9.04. The Labute approximate surface area is 98.3 Å². The maximum atomic E-state index is 10.7. The van der Waals surface area contributed by atoms with Crippen molar-refractivity contribution in [2.24, 2.45) is 0 Å². The summed E-state index contributed by atoms with van der Waals surface area (Å²) in [7, 11) is 0. The van der Waals surface area contributed by atoms with Crippen molar-refractivity contribution >= 4 is 18.0 Å². The lowest BCUT2D eigenvalue weighted by molar-refractivity contribution is -0.134. The number of carboxylic acids is 2. The molecule has 1 aromatic carbocycles. The number of carboxylic acid groups (broad SMARTS) is 2. The molecule has 0 unspecified atom stereocenters. The summed E-state index contributed by atoms with van der Waals surface area (Å²) >= 11 is 0. The lowest BCUT2D eigenvalue weighted by atomic mass is 10.1. The normalized spacial score (nSPS) is 10.9. The van der Waals surface area contributed by atoms with Crippen LogP contribution in [0, 0.1) is 0 Å². The summed E-state index contributed by atoms with van der Waals surface area (Å²) in [6, 6.07) is 9.03. The summed E-state index contributed by atoms with van der Waals surface area (Å²) in [4.78, 5) is 21.0. The molecule has 5 nitrogen and oxygen atoms in total. The number of carbonyl (C=O) groups is 2. The van der Waals surface area contributed by atoms with E-state index in [4.69, 9.17) is 10.2 Å². The smallest absolute Gasteiger partial charge is 0.335 e. The molecule has 0 aliphatic carbocycles. The summed E-state index contributed by atoms with van der Waals surface area (Å²) < 4.78 is 0. The molecule has 0 aromatic heterocycles. The highest BCUT2D eigenvalue weighted by atomic mass is 16.4. The molecule has 5 N–H and O–H groups in total. The fourth-order valence-electron chi connectivity index (χ4n) is 1.06. The second-order valence-electron chi connectivity index (χ2n) is 2.99. The Morgan fingerprint density at radius 3 is 2.12 bits per heavy atom. The largest absolute Gasteiger partial charge is 0.478 e. The second-order valence-corrected chi connectivity index (χ2v) is 2.99. The van der Waals surface area contributed by atoms with Crippen LogP contribution in [0.15, 0.2) is 48.1 Å². The first kappa shape index (κ1) is 14.6. The van der Waals surface area contributed by atoms with Gasteiger partial charge in [-0.15, -0.1) is 0 Å². The van der Waals surface area contributed by atoms with Gasteiger partial charge in [-0.05, 0) is 11.6 Å². The Morgan fingerprint density at radius 1 is 1.06 bits per heavy atom. The van der Waals surface area contributed by atoms with E-state index in [1.165, 1.54) is 6.08 Å². The molecule has 0 saturated heterocycles. The number of hydrogen-bond donors (Lipinski definition) is 3. The maximum absolute atomic E-state index is 10.7. The van der Waals surface area contributed by atoms with Gasteiger partial charge in [0.1, 0.15) is 0 Å². The van der Waals surface area contributed by atoms with Crippen LogP contribution in [0.1, 0.15) is 5.56 Å². The van der Waals surface area contributed by atoms with Crippen molar-refractivity contribution in [3.05, 3.63) is 53.6 Å². The lowest BCUT2D eigenvalue weighted by Crippen LogP contribution is -2.01. The van der Waals surface area contributed by atoms with Crippen LogP contribution in [0.4, 0.5) is 0 Å². The fourth-order valence-corrected chi connectivity index (χ4v) is 1.06. The molecule has 0 fully saturated rings. The Hall–Kier alpha value is -2.40. The van der Waals surface area contributed by atoms with Gasteiger partial charge in [-0.2, -0.15) is 0 Å². The van der Waals surface area contributed by atoms with Crippen molar-refractivity contribution in [2.45, 2.75) is 0 Å². The first-order valence-electron chi connectivity index (χ1n) is 4.50. The van der Waals surface area contributed by atoms with Gasteiger partial charge in [0.2, 0.25) is 0 Å². The Balaban J connectivity index is 0.00000256. The molecule has 0 heterocycles. The van der Waals surface area contributed by atoms with Gasteiger partial charge in [0.05, 0.1) is 5.57 Å². The van der Waals surface area contributed by atoms with E-state index in [1.54, 1.807) is 30.3 Å². The van der Waals surface area contributed by atoms with E-state index in [1.807, 2.05) is 6.07 Å². The highest BCUT2D eigenvalue weighted by molar-refractivity contribution is 5.97. The van der Waals surface area contributed by atoms with Gasteiger partial charge in [-0.3, -0.25) is 0 Å². The van der Waals surface area contributed by atoms with E-state index in [9.17, 15) is 9.59 Å². The second kappa shape index (κ2) is 6.97. The van der Waals surface area contributed by atoms with Crippen molar-refractivity contribution in [3.8, 4) is 0 Å². The van der Waals surface area contributed by atoms with Gasteiger partial charge in [-0.1, -0.05) is 36.4 Å². The number of hydrogen-bond acceptors (Lipinski definition) is 3. The Bertz CT molecular complexity index is 449. The van der Waals surface area contributed by atoms with Crippen LogP contribution in [-0.2, 0) is 9.59 Å². The minimum Gasteiger partial charge on any atom is -0.478 e. The van der Waals surface area contributed by atoms with Crippen molar-refractivity contribution < 1.29 is 19.8 Å². The quantitative estimate of drug-likeness (QED) is 0.545. The SMILES string of the molecule is N.O=C(O)C=C(C=Cc1ccccc1)C(=O)O. The number of rotatable bonds is 4. The molecule has 0 amide bonds. The van der Waals surface area contributed by atoms with Gasteiger partial charge in [0.15, 0.2) is 0 Å². The van der Waals surface area contributed by atoms with Crippen LogP contribution in [0.2, 0.25) is 0 Å². The molecule has 90 valence electrons. The highest BCUT2D eigenvalue weighted by Crippen LogP contribution is 2.05. The van der Waals surface area contributed by atoms with Gasteiger partial charge in [0, 0.05) is 6.08 Å². The predicted octanol–water partition coefficient (Wildman–Crippen LogP) is 1.96. The van der Waals surface area contributed by atoms with Crippen molar-refractivity contribution in [1.82, 2.24) is 6.15 Å². The molecular formula is C12H13NO4. The van der Waals surface area contributed by atoms with E-state index in [2.05, 4.69) is 0 Å². The molecule has 0 bridgehead atoms. The topological polar surface area (TPSA) is 110 Å². The maximum Gasteiger partial charge on any atom is 0.335 e. The zero-order valence-corrected chi connectivity index (χ0v) is 9.04. The summed E-state index contributed by atoms with van der Waals surface area (Å²) in [6.45, 7) is 0. The van der Waals surface area contributed by atoms with E-state index in [0.717, 1.165) is 5.56 Å². The van der Waals surface area contributed by atoms with Gasteiger partial charge >= 0.3 is 11.9 Å². The molecule has 1 aromatic rings. The van der Waals surface area contributed by atoms with Crippen LogP contribution >= 0.6 is 0 Å². The summed E-state index contributed by atoms with van der Waals surface area (Å²) in [6.07, 6.45) is 3.45. The molecule has 1 rings (SSSR count). The molecule has 0 radical (unpaired) electrons. The highest BCUT2D eigenvalue weighted by Gasteiger charge is 2.04. The molecule has 0 aliphatic rings. The van der Waals surface area contributed by atoms with E-state index < -0.39 is 11.9 Å². The minimum absolute atomic E-state index is 0. The van der Waals surface area contributed by atoms with Crippen molar-refractivity contribution in [2.75, 3.05) is 0 Å². The van der Waals surface area contributed by atoms with Crippen molar-refractivity contribution in [3.63, 3.8) is 0 Å². The van der Waals surface area contributed by atoms with Crippen LogP contribution in [0.3, 0.4) is 0 Å². The standard InChI is InChI=1S/C12H10O4.H3N/c13-11(14)8-10(12(15)16)7-6-9-4-2-1-3-5-9;/h1-8H,(H,13,14)(H,15,16);1H3. The molecule has 0 aliphatic heterocycles. The fraction of sp³-hybridized carbons (Fsp3) is 0. The summed E-state index contributed by atoms with van der Waals surface area (Å²) in [5.41, 5.74) is 0.538. The van der Waals surface area contributed by atoms with E-state index in [0.29, 0.717) is 6.08 Å². The van der Waals surface area contributed by atoms with Gasteiger partial charge in [-0.25, -0.2) is 9.59 Å². The summed E-state index contributed by atoms with van der Waals surface area (Å²) in [5, 5.41) is 17.2. The number of benzene rings is 1. The van der Waals surface area contributed by atoms with E-state index in [-0.39, 0.29) is 11.7 Å². The third-order valence-electron chi connectivity index (χ3n) is 1.78. The molecule has 0 saturated carbocycles. The van der Waals surface area contributed by atoms with Crippen molar-refractivity contribution in [1.29, 1.82) is 0 Å². The first-order valence-corrected chi connectivity index (χ1v) is 4.50. The molecule has 17 heavy (non-hydrogen) atoms. The van der Waals surface area contributed by atoms with Crippen LogP contribution < -0.4 is 6.15 Å². The third-order valence-corrected chi connectivity index (χ3v) is 1.78.